The van der Waals surface area contributed by atoms with Gasteiger partial charge in [0, 0.05) is 28.6 Å². The Morgan fingerprint density at radius 1 is 1.40 bits per heavy atom. The molecule has 0 aromatic carbocycles. The zero-order valence-electron chi connectivity index (χ0n) is 11.0. The van der Waals surface area contributed by atoms with E-state index in [2.05, 4.69) is 45.2 Å². The van der Waals surface area contributed by atoms with Crippen molar-refractivity contribution in [3.63, 3.8) is 0 Å². The largest absolute Gasteiger partial charge is 0.334 e. The van der Waals surface area contributed by atoms with Crippen LogP contribution in [0.25, 0.3) is 0 Å². The zero-order valence-corrected chi connectivity index (χ0v) is 11.8. The van der Waals surface area contributed by atoms with Gasteiger partial charge in [0.05, 0.1) is 18.4 Å². The Labute approximate surface area is 120 Å². The van der Waals surface area contributed by atoms with Gasteiger partial charge < -0.3 is 5.32 Å². The first kappa shape index (κ1) is 13.2. The van der Waals surface area contributed by atoms with Crippen molar-refractivity contribution in [2.45, 2.75) is 25.6 Å². The van der Waals surface area contributed by atoms with Crippen LogP contribution in [0.5, 0.6) is 0 Å². The molecule has 1 saturated heterocycles. The molecule has 1 fully saturated rings. The maximum Gasteiger partial charge on any atom is 0.272 e. The van der Waals surface area contributed by atoms with Crippen LogP contribution in [0.4, 0.5) is 0 Å². The van der Waals surface area contributed by atoms with Crippen molar-refractivity contribution >= 4 is 17.2 Å². The van der Waals surface area contributed by atoms with Crippen LogP contribution in [0.1, 0.15) is 32.7 Å². The highest BCUT2D eigenvalue weighted by Crippen LogP contribution is 2.27. The lowest BCUT2D eigenvalue weighted by Crippen LogP contribution is -2.44. The van der Waals surface area contributed by atoms with E-state index >= 15 is 0 Å². The lowest BCUT2D eigenvalue weighted by Gasteiger charge is -2.11. The molecule has 2 atom stereocenters. The fraction of sp³-hybridized carbons (Fsp3) is 0.308. The minimum absolute atomic E-state index is 0.114. The number of hydrazine groups is 1. The molecular weight excluding hydrogens is 274 g/mol. The lowest BCUT2D eigenvalue weighted by molar-refractivity contribution is 0.0927. The van der Waals surface area contributed by atoms with Gasteiger partial charge in [-0.1, -0.05) is 0 Å². The van der Waals surface area contributed by atoms with Crippen LogP contribution in [0.3, 0.4) is 0 Å². The van der Waals surface area contributed by atoms with E-state index < -0.39 is 0 Å². The number of nitrogens with one attached hydrogen (secondary N) is 3. The number of carbonyl (C=O) groups is 1. The number of aromatic nitrogens is 2. The summed E-state index contributed by atoms with van der Waals surface area (Å²) >= 11 is 1.76. The molecule has 3 rings (SSSR count). The quantitative estimate of drug-likeness (QED) is 0.790. The van der Waals surface area contributed by atoms with Crippen molar-refractivity contribution < 1.29 is 4.79 Å². The van der Waals surface area contributed by atoms with Crippen molar-refractivity contribution in [1.29, 1.82) is 0 Å². The van der Waals surface area contributed by atoms with Gasteiger partial charge in [-0.25, -0.2) is 15.8 Å². The predicted molar refractivity (Wildman–Crippen MR) is 76.0 cm³/mol. The highest BCUT2D eigenvalue weighted by atomic mass is 32.1. The average Bonchev–Trinajstić information content (AvgIpc) is 3.09. The number of thiophene rings is 1. The summed E-state index contributed by atoms with van der Waals surface area (Å²) < 4.78 is 0. The summed E-state index contributed by atoms with van der Waals surface area (Å²) in [7, 11) is 0. The molecule has 2 aromatic heterocycles. The van der Waals surface area contributed by atoms with E-state index in [0.717, 1.165) is 6.42 Å². The molecule has 1 aliphatic rings. The first-order chi connectivity index (χ1) is 9.72. The van der Waals surface area contributed by atoms with E-state index in [9.17, 15) is 4.79 Å². The Kier molecular flexibility index (Phi) is 3.72. The van der Waals surface area contributed by atoms with E-state index in [-0.39, 0.29) is 18.1 Å². The highest BCUT2D eigenvalue weighted by molar-refractivity contribution is 7.12. The van der Waals surface area contributed by atoms with Gasteiger partial charge in [0.15, 0.2) is 0 Å². The third-order valence-electron chi connectivity index (χ3n) is 3.11. The second-order valence-electron chi connectivity index (χ2n) is 4.64. The number of nitrogens with zero attached hydrogens (tertiary/aromatic N) is 2. The molecule has 2 aromatic rings. The molecule has 104 valence electrons. The minimum Gasteiger partial charge on any atom is -0.334 e. The molecule has 1 aliphatic heterocycles. The summed E-state index contributed by atoms with van der Waals surface area (Å²) in [6.07, 6.45) is 5.19. The topological polar surface area (TPSA) is 78.9 Å². The first-order valence-electron chi connectivity index (χ1n) is 6.36. The van der Waals surface area contributed by atoms with Crippen LogP contribution in [-0.2, 0) is 0 Å². The highest BCUT2D eigenvalue weighted by Gasteiger charge is 2.27. The van der Waals surface area contributed by atoms with Gasteiger partial charge in [0.25, 0.3) is 5.91 Å². The van der Waals surface area contributed by atoms with Crippen molar-refractivity contribution in [3.05, 3.63) is 46.2 Å². The Bertz CT molecular complexity index is 600. The Morgan fingerprint density at radius 3 is 3.00 bits per heavy atom. The summed E-state index contributed by atoms with van der Waals surface area (Å²) in [5.74, 6) is -0.222. The molecular formula is C13H15N5OS. The van der Waals surface area contributed by atoms with Crippen molar-refractivity contribution in [2.24, 2.45) is 0 Å². The number of amides is 1. The molecule has 0 bridgehead atoms. The molecule has 7 heteroatoms. The molecule has 0 spiro atoms. The van der Waals surface area contributed by atoms with Gasteiger partial charge in [-0.2, -0.15) is 0 Å². The van der Waals surface area contributed by atoms with E-state index in [1.807, 2.05) is 0 Å². The standard InChI is InChI=1S/C13H15N5OS/c1-8-2-3-11(20-8)9-6-12(18-17-9)16-13(19)10-7-14-4-5-15-10/h2-5,7,9,12,17-18H,6H2,1H3,(H,16,19). The number of carbonyl (C=O) groups excluding carboxylic acids is 1. The van der Waals surface area contributed by atoms with E-state index in [0.29, 0.717) is 5.69 Å². The summed E-state index contributed by atoms with van der Waals surface area (Å²) in [6.45, 7) is 2.09. The Balaban J connectivity index is 1.59. The zero-order chi connectivity index (χ0) is 13.9. The Hall–Kier alpha value is -1.83. The van der Waals surface area contributed by atoms with Gasteiger partial charge >= 0.3 is 0 Å². The van der Waals surface area contributed by atoms with Gasteiger partial charge in [-0.05, 0) is 19.1 Å². The van der Waals surface area contributed by atoms with Gasteiger partial charge in [-0.15, -0.1) is 11.3 Å². The number of rotatable bonds is 3. The fourth-order valence-corrected chi connectivity index (χ4v) is 3.07. The smallest absolute Gasteiger partial charge is 0.272 e. The molecule has 2 unspecified atom stereocenters. The maximum atomic E-state index is 12.0. The van der Waals surface area contributed by atoms with Gasteiger partial charge in [0.2, 0.25) is 0 Å². The second kappa shape index (κ2) is 5.66. The minimum atomic E-state index is -0.222. The van der Waals surface area contributed by atoms with Crippen LogP contribution in [-0.4, -0.2) is 22.0 Å². The monoisotopic (exact) mass is 289 g/mol. The molecule has 20 heavy (non-hydrogen) atoms. The number of hydrogen-bond acceptors (Lipinski definition) is 6. The summed E-state index contributed by atoms with van der Waals surface area (Å²) in [6, 6.07) is 4.44. The van der Waals surface area contributed by atoms with Gasteiger partial charge in [-0.3, -0.25) is 9.78 Å². The summed E-state index contributed by atoms with van der Waals surface area (Å²) in [5.41, 5.74) is 6.62. The SMILES string of the molecule is Cc1ccc(C2CC(NC(=O)c3cnccn3)NN2)s1. The van der Waals surface area contributed by atoms with Crippen LogP contribution in [0, 0.1) is 6.92 Å². The summed E-state index contributed by atoms with van der Waals surface area (Å²) in [5, 5.41) is 2.89. The normalized spacial score (nSPS) is 21.9. The molecule has 0 aliphatic carbocycles. The average molecular weight is 289 g/mol. The van der Waals surface area contributed by atoms with Crippen LogP contribution < -0.4 is 16.2 Å². The van der Waals surface area contributed by atoms with Crippen molar-refractivity contribution in [2.75, 3.05) is 0 Å². The molecule has 3 heterocycles. The second-order valence-corrected chi connectivity index (χ2v) is 5.96. The predicted octanol–water partition coefficient (Wildman–Crippen LogP) is 1.14. The van der Waals surface area contributed by atoms with Crippen molar-refractivity contribution in [1.82, 2.24) is 26.1 Å². The van der Waals surface area contributed by atoms with Crippen LogP contribution in [0.15, 0.2) is 30.7 Å². The van der Waals surface area contributed by atoms with Crippen molar-refractivity contribution in [3.8, 4) is 0 Å². The number of hydrogen-bond donors (Lipinski definition) is 3. The lowest BCUT2D eigenvalue weighted by atomic mass is 10.1. The maximum absolute atomic E-state index is 12.0. The molecule has 0 saturated carbocycles. The van der Waals surface area contributed by atoms with E-state index in [1.165, 1.54) is 22.1 Å². The van der Waals surface area contributed by atoms with Crippen LogP contribution in [0.2, 0.25) is 0 Å². The first-order valence-corrected chi connectivity index (χ1v) is 7.18. The third-order valence-corrected chi connectivity index (χ3v) is 4.22. The molecule has 1 amide bonds. The molecule has 3 N–H and O–H groups in total. The fourth-order valence-electron chi connectivity index (χ4n) is 2.13. The van der Waals surface area contributed by atoms with Crippen LogP contribution >= 0.6 is 11.3 Å². The molecule has 0 radical (unpaired) electrons. The number of aryl methyl sites for hydroxylation is 1. The Morgan fingerprint density at radius 2 is 2.30 bits per heavy atom. The molecule has 6 nitrogen and oxygen atoms in total. The van der Waals surface area contributed by atoms with E-state index in [1.54, 1.807) is 17.5 Å². The third kappa shape index (κ3) is 2.84. The van der Waals surface area contributed by atoms with Gasteiger partial charge in [0.1, 0.15) is 5.69 Å². The summed E-state index contributed by atoms with van der Waals surface area (Å²) in [4.78, 5) is 22.4. The van der Waals surface area contributed by atoms with E-state index in [4.69, 9.17) is 0 Å².